The first-order valence-electron chi connectivity index (χ1n) is 5.91. The number of nitrogens with two attached hydrogens (primary N) is 1. The molecule has 0 aliphatic rings. The number of benzene rings is 1. The van der Waals surface area contributed by atoms with Crippen molar-refractivity contribution in [2.24, 2.45) is 0 Å². The summed E-state index contributed by atoms with van der Waals surface area (Å²) >= 11 is 1.29. The summed E-state index contributed by atoms with van der Waals surface area (Å²) in [7, 11) is 0. The number of hydrogen-bond acceptors (Lipinski definition) is 7. The van der Waals surface area contributed by atoms with E-state index in [2.05, 4.69) is 20.5 Å². The van der Waals surface area contributed by atoms with Crippen molar-refractivity contribution in [2.45, 2.75) is 6.92 Å². The van der Waals surface area contributed by atoms with Gasteiger partial charge < -0.3 is 10.8 Å². The summed E-state index contributed by atoms with van der Waals surface area (Å²) in [6.45, 7) is 1.80. The van der Waals surface area contributed by atoms with Crippen LogP contribution in [0.1, 0.15) is 15.5 Å². The highest BCUT2D eigenvalue weighted by Gasteiger charge is 2.23. The number of nitrogen functional groups attached to an aromatic ring is 1. The molecule has 0 radical (unpaired) electrons. The van der Waals surface area contributed by atoms with Crippen molar-refractivity contribution < 1.29 is 9.90 Å². The second-order valence-electron chi connectivity index (χ2n) is 4.23. The fourth-order valence-corrected chi connectivity index (χ4v) is 2.52. The number of carbonyl (C=O) groups is 1. The number of carboxylic acid groups (broad SMARTS) is 1. The maximum absolute atomic E-state index is 11.4. The van der Waals surface area contributed by atoms with Gasteiger partial charge in [0.2, 0.25) is 5.13 Å². The van der Waals surface area contributed by atoms with Crippen LogP contribution in [0.15, 0.2) is 24.3 Å². The summed E-state index contributed by atoms with van der Waals surface area (Å²) in [5.41, 5.74) is 7.05. The molecule has 0 aliphatic carbocycles. The lowest BCUT2D eigenvalue weighted by atomic mass is 10.1. The number of carboxylic acids is 1. The Hall–Kier alpha value is -2.81. The zero-order chi connectivity index (χ0) is 15.0. The Bertz CT molecular complexity index is 825. The molecule has 0 saturated carbocycles. The highest BCUT2D eigenvalue weighted by atomic mass is 32.1. The summed E-state index contributed by atoms with van der Waals surface area (Å²) in [5.74, 6) is -1.17. The first-order valence-corrected chi connectivity index (χ1v) is 6.73. The van der Waals surface area contributed by atoms with E-state index in [4.69, 9.17) is 5.73 Å². The molecule has 0 bridgehead atoms. The molecular weight excluding hydrogens is 292 g/mol. The van der Waals surface area contributed by atoms with Gasteiger partial charge in [0.05, 0.1) is 0 Å². The highest BCUT2D eigenvalue weighted by molar-refractivity contribution is 7.13. The standard InChI is InChI=1S/C12H10N6O2S/c1-6-14-16-12(21-6)18-10(9(11(19)20)15-17-18)7-3-2-4-8(13)5-7/h2-5H,13H2,1H3,(H,19,20). The first kappa shape index (κ1) is 13.2. The van der Waals surface area contributed by atoms with Crippen molar-refractivity contribution in [2.75, 3.05) is 5.73 Å². The predicted molar refractivity (Wildman–Crippen MR) is 76.4 cm³/mol. The minimum atomic E-state index is -1.17. The minimum Gasteiger partial charge on any atom is -0.476 e. The van der Waals surface area contributed by atoms with Crippen LogP contribution in [0.3, 0.4) is 0 Å². The van der Waals surface area contributed by atoms with Gasteiger partial charge in [-0.05, 0) is 19.1 Å². The van der Waals surface area contributed by atoms with E-state index in [9.17, 15) is 9.90 Å². The van der Waals surface area contributed by atoms with E-state index < -0.39 is 5.97 Å². The second-order valence-corrected chi connectivity index (χ2v) is 5.39. The second kappa shape index (κ2) is 4.94. The molecule has 0 aliphatic heterocycles. The molecule has 0 fully saturated rings. The predicted octanol–water partition coefficient (Wildman–Crippen LogP) is 1.37. The number of aromatic nitrogens is 5. The third kappa shape index (κ3) is 2.34. The van der Waals surface area contributed by atoms with Gasteiger partial charge in [0.15, 0.2) is 5.69 Å². The van der Waals surface area contributed by atoms with E-state index in [1.807, 2.05) is 0 Å². The minimum absolute atomic E-state index is 0.159. The molecule has 2 heterocycles. The van der Waals surface area contributed by atoms with Crippen LogP contribution in [0.2, 0.25) is 0 Å². The molecule has 8 nitrogen and oxygen atoms in total. The third-order valence-electron chi connectivity index (χ3n) is 2.73. The van der Waals surface area contributed by atoms with E-state index >= 15 is 0 Å². The molecule has 21 heavy (non-hydrogen) atoms. The number of aryl methyl sites for hydroxylation is 1. The zero-order valence-electron chi connectivity index (χ0n) is 10.9. The number of nitrogens with zero attached hydrogens (tertiary/aromatic N) is 5. The van der Waals surface area contributed by atoms with Gasteiger partial charge in [-0.3, -0.25) is 0 Å². The Morgan fingerprint density at radius 1 is 1.33 bits per heavy atom. The van der Waals surface area contributed by atoms with Crippen molar-refractivity contribution in [1.82, 2.24) is 25.2 Å². The molecule has 3 N–H and O–H groups in total. The van der Waals surface area contributed by atoms with Gasteiger partial charge in [0.1, 0.15) is 10.7 Å². The van der Waals surface area contributed by atoms with Crippen LogP contribution in [0, 0.1) is 6.92 Å². The maximum Gasteiger partial charge on any atom is 0.358 e. The van der Waals surface area contributed by atoms with Crippen LogP contribution < -0.4 is 5.73 Å². The number of aromatic carboxylic acids is 1. The van der Waals surface area contributed by atoms with Crippen molar-refractivity contribution >= 4 is 23.0 Å². The Morgan fingerprint density at radius 3 is 2.76 bits per heavy atom. The fourth-order valence-electron chi connectivity index (χ4n) is 1.88. The summed E-state index contributed by atoms with van der Waals surface area (Å²) in [5, 5.41) is 26.0. The highest BCUT2D eigenvalue weighted by Crippen LogP contribution is 2.27. The van der Waals surface area contributed by atoms with Gasteiger partial charge >= 0.3 is 5.97 Å². The van der Waals surface area contributed by atoms with E-state index in [1.165, 1.54) is 16.0 Å². The van der Waals surface area contributed by atoms with Crippen LogP contribution in [0.25, 0.3) is 16.4 Å². The Labute approximate surface area is 122 Å². The molecular formula is C12H10N6O2S. The topological polar surface area (TPSA) is 120 Å². The van der Waals surface area contributed by atoms with Crippen molar-refractivity contribution in [3.63, 3.8) is 0 Å². The van der Waals surface area contributed by atoms with Crippen molar-refractivity contribution in [1.29, 1.82) is 0 Å². The smallest absolute Gasteiger partial charge is 0.358 e. The molecule has 0 saturated heterocycles. The molecule has 0 amide bonds. The van der Waals surface area contributed by atoms with Crippen LogP contribution >= 0.6 is 11.3 Å². The normalized spacial score (nSPS) is 10.7. The van der Waals surface area contributed by atoms with Crippen LogP contribution in [0.5, 0.6) is 0 Å². The molecule has 3 rings (SSSR count). The Morgan fingerprint density at radius 2 is 2.14 bits per heavy atom. The van der Waals surface area contributed by atoms with Gasteiger partial charge in [-0.2, -0.15) is 4.68 Å². The zero-order valence-corrected chi connectivity index (χ0v) is 11.7. The van der Waals surface area contributed by atoms with Gasteiger partial charge in [0, 0.05) is 11.3 Å². The Kier molecular flexibility index (Phi) is 3.10. The summed E-state index contributed by atoms with van der Waals surface area (Å²) in [6, 6.07) is 6.85. The molecule has 2 aromatic heterocycles. The van der Waals surface area contributed by atoms with E-state index in [0.717, 1.165) is 5.01 Å². The quantitative estimate of drug-likeness (QED) is 0.701. The average Bonchev–Trinajstić information content (AvgIpc) is 3.04. The molecule has 1 aromatic carbocycles. The number of hydrogen-bond donors (Lipinski definition) is 2. The van der Waals surface area contributed by atoms with E-state index in [-0.39, 0.29) is 5.69 Å². The monoisotopic (exact) mass is 302 g/mol. The van der Waals surface area contributed by atoms with Gasteiger partial charge in [-0.25, -0.2) is 4.79 Å². The molecule has 0 atom stereocenters. The molecule has 0 spiro atoms. The fraction of sp³-hybridized carbons (Fsp3) is 0.0833. The van der Waals surface area contributed by atoms with Crippen molar-refractivity contribution in [3.05, 3.63) is 35.0 Å². The first-order chi connectivity index (χ1) is 10.1. The van der Waals surface area contributed by atoms with Crippen LogP contribution in [0.4, 0.5) is 5.69 Å². The summed E-state index contributed by atoms with van der Waals surface area (Å²) < 4.78 is 1.36. The summed E-state index contributed by atoms with van der Waals surface area (Å²) in [6.07, 6.45) is 0. The number of anilines is 1. The summed E-state index contributed by atoms with van der Waals surface area (Å²) in [4.78, 5) is 11.4. The molecule has 9 heteroatoms. The molecule has 106 valence electrons. The van der Waals surface area contributed by atoms with Crippen LogP contribution in [-0.2, 0) is 0 Å². The molecule has 0 unspecified atom stereocenters. The third-order valence-corrected chi connectivity index (χ3v) is 3.54. The maximum atomic E-state index is 11.4. The number of rotatable bonds is 3. The SMILES string of the molecule is Cc1nnc(-n2nnc(C(=O)O)c2-c2cccc(N)c2)s1. The molecule has 3 aromatic rings. The largest absolute Gasteiger partial charge is 0.476 e. The lowest BCUT2D eigenvalue weighted by Crippen LogP contribution is -2.03. The van der Waals surface area contributed by atoms with Gasteiger partial charge in [-0.1, -0.05) is 28.7 Å². The van der Waals surface area contributed by atoms with Crippen molar-refractivity contribution in [3.8, 4) is 16.4 Å². The average molecular weight is 302 g/mol. The lowest BCUT2D eigenvalue weighted by Gasteiger charge is -2.04. The van der Waals surface area contributed by atoms with Gasteiger partial charge in [0.25, 0.3) is 0 Å². The van der Waals surface area contributed by atoms with E-state index in [0.29, 0.717) is 22.1 Å². The van der Waals surface area contributed by atoms with E-state index in [1.54, 1.807) is 31.2 Å². The van der Waals surface area contributed by atoms with Crippen LogP contribution in [-0.4, -0.2) is 36.3 Å². The Balaban J connectivity index is 2.25. The van der Waals surface area contributed by atoms with Gasteiger partial charge in [-0.15, -0.1) is 15.3 Å². The lowest BCUT2D eigenvalue weighted by molar-refractivity contribution is 0.0691.